The van der Waals surface area contributed by atoms with Gasteiger partial charge < -0.3 is 14.1 Å². The SMILES string of the molecule is OBOc1cc2oc3ccc4ccccc4c3c2c2ccccc12. The Morgan fingerprint density at radius 2 is 1.46 bits per heavy atom. The summed E-state index contributed by atoms with van der Waals surface area (Å²) < 4.78 is 11.5. The van der Waals surface area contributed by atoms with Gasteiger partial charge in [0.05, 0.1) is 0 Å². The molecule has 1 N–H and O–H groups in total. The minimum atomic E-state index is -0.362. The molecule has 1 aromatic heterocycles. The van der Waals surface area contributed by atoms with Crippen LogP contribution >= 0.6 is 0 Å². The Hall–Kier alpha value is -2.98. The van der Waals surface area contributed by atoms with Gasteiger partial charge in [0, 0.05) is 22.2 Å². The molecule has 3 nitrogen and oxygen atoms in total. The Morgan fingerprint density at radius 1 is 0.750 bits per heavy atom. The molecule has 24 heavy (non-hydrogen) atoms. The number of hydrogen-bond donors (Lipinski definition) is 1. The first-order valence-electron chi connectivity index (χ1n) is 7.86. The molecule has 0 aliphatic rings. The quantitative estimate of drug-likeness (QED) is 0.487. The van der Waals surface area contributed by atoms with Crippen molar-refractivity contribution in [2.75, 3.05) is 0 Å². The monoisotopic (exact) mass is 312 g/mol. The minimum absolute atomic E-state index is 0.362. The van der Waals surface area contributed by atoms with E-state index in [2.05, 4.69) is 24.3 Å². The highest BCUT2D eigenvalue weighted by atomic mass is 16.5. The van der Waals surface area contributed by atoms with Gasteiger partial charge in [0.25, 0.3) is 0 Å². The fourth-order valence-corrected chi connectivity index (χ4v) is 3.56. The lowest BCUT2D eigenvalue weighted by atomic mass is 9.99. The molecule has 0 fully saturated rings. The van der Waals surface area contributed by atoms with Crippen LogP contribution in [0.1, 0.15) is 0 Å². The summed E-state index contributed by atoms with van der Waals surface area (Å²) in [6.07, 6.45) is 0. The lowest BCUT2D eigenvalue weighted by Crippen LogP contribution is -2.00. The zero-order chi connectivity index (χ0) is 16.1. The van der Waals surface area contributed by atoms with Gasteiger partial charge in [-0.3, -0.25) is 0 Å². The zero-order valence-corrected chi connectivity index (χ0v) is 12.8. The molecule has 0 saturated heterocycles. The van der Waals surface area contributed by atoms with Crippen LogP contribution in [0.2, 0.25) is 0 Å². The molecule has 0 aliphatic heterocycles. The summed E-state index contributed by atoms with van der Waals surface area (Å²) >= 11 is 0. The van der Waals surface area contributed by atoms with Crippen LogP contribution in [0.3, 0.4) is 0 Å². The Bertz CT molecular complexity index is 1220. The van der Waals surface area contributed by atoms with Crippen LogP contribution in [-0.2, 0) is 0 Å². The molecule has 5 rings (SSSR count). The van der Waals surface area contributed by atoms with Gasteiger partial charge in [-0.15, -0.1) is 0 Å². The summed E-state index contributed by atoms with van der Waals surface area (Å²) in [6.45, 7) is 0. The van der Waals surface area contributed by atoms with E-state index in [0.717, 1.165) is 32.7 Å². The fourth-order valence-electron chi connectivity index (χ4n) is 3.56. The molecule has 0 atom stereocenters. The Kier molecular flexibility index (Phi) is 2.81. The number of rotatable bonds is 2. The predicted octanol–water partition coefficient (Wildman–Crippen LogP) is 4.53. The molecule has 114 valence electrons. The van der Waals surface area contributed by atoms with Gasteiger partial charge in [-0.05, 0) is 22.2 Å². The maximum Gasteiger partial charge on any atom is 0.504 e. The summed E-state index contributed by atoms with van der Waals surface area (Å²) in [4.78, 5) is 0. The lowest BCUT2D eigenvalue weighted by molar-refractivity contribution is 0.456. The second-order valence-electron chi connectivity index (χ2n) is 5.83. The van der Waals surface area contributed by atoms with Crippen molar-refractivity contribution in [3.05, 3.63) is 66.7 Å². The summed E-state index contributed by atoms with van der Waals surface area (Å²) in [5.41, 5.74) is 1.62. The van der Waals surface area contributed by atoms with Crippen molar-refractivity contribution < 1.29 is 14.1 Å². The molecule has 0 amide bonds. The predicted molar refractivity (Wildman–Crippen MR) is 98.7 cm³/mol. The third-order valence-electron chi connectivity index (χ3n) is 4.55. The van der Waals surface area contributed by atoms with E-state index >= 15 is 0 Å². The highest BCUT2D eigenvalue weighted by Crippen LogP contribution is 2.41. The standard InChI is InChI=1S/C20H13BO3/c22-21-24-17-11-18-20(15-8-4-3-7-14(15)17)19-13-6-2-1-5-12(13)9-10-16(19)23-18/h1-11,21-22H. The summed E-state index contributed by atoms with van der Waals surface area (Å²) in [6, 6.07) is 22.3. The molecule has 0 saturated carbocycles. The van der Waals surface area contributed by atoms with Crippen molar-refractivity contribution in [2.24, 2.45) is 0 Å². The van der Waals surface area contributed by atoms with Crippen LogP contribution in [0.25, 0.3) is 43.5 Å². The molecule has 5 aromatic rings. The first-order chi connectivity index (χ1) is 11.9. The van der Waals surface area contributed by atoms with E-state index in [0.29, 0.717) is 5.75 Å². The van der Waals surface area contributed by atoms with Crippen LogP contribution in [0.5, 0.6) is 5.75 Å². The van der Waals surface area contributed by atoms with Gasteiger partial charge in [-0.2, -0.15) is 0 Å². The maximum atomic E-state index is 9.18. The van der Waals surface area contributed by atoms with E-state index in [-0.39, 0.29) is 7.69 Å². The van der Waals surface area contributed by atoms with Gasteiger partial charge in [-0.25, -0.2) is 0 Å². The Labute approximate surface area is 138 Å². The third kappa shape index (κ3) is 1.77. The van der Waals surface area contributed by atoms with Gasteiger partial charge in [0.2, 0.25) is 0 Å². The van der Waals surface area contributed by atoms with Crippen molar-refractivity contribution >= 4 is 51.2 Å². The minimum Gasteiger partial charge on any atom is -0.538 e. The highest BCUT2D eigenvalue weighted by molar-refractivity contribution is 6.27. The van der Waals surface area contributed by atoms with Gasteiger partial charge in [0.15, 0.2) is 0 Å². The maximum absolute atomic E-state index is 9.18. The van der Waals surface area contributed by atoms with Crippen molar-refractivity contribution in [3.63, 3.8) is 0 Å². The molecule has 0 radical (unpaired) electrons. The fraction of sp³-hybridized carbons (Fsp3) is 0. The average Bonchev–Trinajstić information content (AvgIpc) is 3.01. The van der Waals surface area contributed by atoms with Crippen LogP contribution < -0.4 is 4.65 Å². The normalized spacial score (nSPS) is 11.5. The summed E-state index contributed by atoms with van der Waals surface area (Å²) in [5.74, 6) is 0.629. The molecule has 0 spiro atoms. The number of furan rings is 1. The van der Waals surface area contributed by atoms with E-state index in [1.54, 1.807) is 0 Å². The second-order valence-corrected chi connectivity index (χ2v) is 5.83. The van der Waals surface area contributed by atoms with E-state index in [1.807, 2.05) is 42.5 Å². The molecular formula is C20H13BO3. The molecule has 0 aliphatic carbocycles. The van der Waals surface area contributed by atoms with Gasteiger partial charge in [-0.1, -0.05) is 54.6 Å². The van der Waals surface area contributed by atoms with Crippen molar-refractivity contribution in [1.82, 2.24) is 0 Å². The Balaban J connectivity index is 2.07. The summed E-state index contributed by atoms with van der Waals surface area (Å²) in [5, 5.41) is 15.8. The van der Waals surface area contributed by atoms with Gasteiger partial charge >= 0.3 is 7.69 Å². The molecular weight excluding hydrogens is 299 g/mol. The largest absolute Gasteiger partial charge is 0.538 e. The summed E-state index contributed by atoms with van der Waals surface area (Å²) in [7, 11) is -0.362. The molecule has 0 unspecified atom stereocenters. The van der Waals surface area contributed by atoms with E-state index < -0.39 is 0 Å². The van der Waals surface area contributed by atoms with Crippen molar-refractivity contribution in [3.8, 4) is 5.75 Å². The van der Waals surface area contributed by atoms with Crippen LogP contribution in [0.15, 0.2) is 71.1 Å². The molecule has 4 heteroatoms. The van der Waals surface area contributed by atoms with Crippen molar-refractivity contribution in [2.45, 2.75) is 0 Å². The van der Waals surface area contributed by atoms with E-state index in [4.69, 9.17) is 9.07 Å². The second kappa shape index (κ2) is 5.01. The molecule has 1 heterocycles. The average molecular weight is 312 g/mol. The van der Waals surface area contributed by atoms with Crippen LogP contribution in [-0.4, -0.2) is 12.7 Å². The number of benzene rings is 4. The Morgan fingerprint density at radius 3 is 2.29 bits per heavy atom. The zero-order valence-electron chi connectivity index (χ0n) is 12.8. The first kappa shape index (κ1) is 13.5. The van der Waals surface area contributed by atoms with E-state index in [9.17, 15) is 5.02 Å². The van der Waals surface area contributed by atoms with E-state index in [1.165, 1.54) is 10.8 Å². The topological polar surface area (TPSA) is 42.6 Å². The van der Waals surface area contributed by atoms with Crippen LogP contribution in [0, 0.1) is 0 Å². The lowest BCUT2D eigenvalue weighted by Gasteiger charge is -2.08. The number of fused-ring (bicyclic) bond motifs is 7. The van der Waals surface area contributed by atoms with Crippen LogP contribution in [0.4, 0.5) is 0 Å². The molecule has 4 aromatic carbocycles. The third-order valence-corrected chi connectivity index (χ3v) is 4.55. The smallest absolute Gasteiger partial charge is 0.504 e. The van der Waals surface area contributed by atoms with Gasteiger partial charge in [0.1, 0.15) is 16.9 Å². The first-order valence-corrected chi connectivity index (χ1v) is 7.86. The van der Waals surface area contributed by atoms with Crippen molar-refractivity contribution in [1.29, 1.82) is 0 Å². The number of hydrogen-bond acceptors (Lipinski definition) is 3. The highest BCUT2D eigenvalue weighted by Gasteiger charge is 2.16. The molecule has 0 bridgehead atoms.